The van der Waals surface area contributed by atoms with Crippen LogP contribution in [0.3, 0.4) is 0 Å². The van der Waals surface area contributed by atoms with Crippen molar-refractivity contribution in [3.63, 3.8) is 0 Å². The average molecular weight is 331 g/mol. The molecule has 9 heteroatoms. The van der Waals surface area contributed by atoms with Crippen molar-refractivity contribution in [1.29, 1.82) is 0 Å². The summed E-state index contributed by atoms with van der Waals surface area (Å²) in [5.41, 5.74) is 1.14. The van der Waals surface area contributed by atoms with Gasteiger partial charge in [-0.2, -0.15) is 0 Å². The number of nitrogens with one attached hydrogen (secondary N) is 1. The van der Waals surface area contributed by atoms with Crippen molar-refractivity contribution >= 4 is 17.0 Å². The third-order valence-electron chi connectivity index (χ3n) is 3.82. The Morgan fingerprint density at radius 3 is 3.08 bits per heavy atom. The first-order valence-corrected chi connectivity index (χ1v) is 7.71. The lowest BCUT2D eigenvalue weighted by atomic mass is 10.2. The van der Waals surface area contributed by atoms with Gasteiger partial charge < -0.3 is 24.4 Å². The van der Waals surface area contributed by atoms with Crippen molar-refractivity contribution in [3.8, 4) is 0 Å². The van der Waals surface area contributed by atoms with E-state index in [0.717, 1.165) is 12.2 Å². The minimum atomic E-state index is -0.422. The highest BCUT2D eigenvalue weighted by molar-refractivity contribution is 5.82. The van der Waals surface area contributed by atoms with Crippen LogP contribution in [0.2, 0.25) is 0 Å². The van der Waals surface area contributed by atoms with E-state index in [1.165, 1.54) is 17.4 Å². The molecule has 0 unspecified atom stereocenters. The summed E-state index contributed by atoms with van der Waals surface area (Å²) >= 11 is 0. The molecular formula is C15H17N5O4. The van der Waals surface area contributed by atoms with E-state index < -0.39 is 6.29 Å². The van der Waals surface area contributed by atoms with Gasteiger partial charge in [0.05, 0.1) is 25.5 Å². The lowest BCUT2D eigenvalue weighted by molar-refractivity contribution is -0.140. The number of imidazole rings is 1. The summed E-state index contributed by atoms with van der Waals surface area (Å²) in [6, 6.07) is 3.71. The van der Waals surface area contributed by atoms with Crippen LogP contribution < -0.4 is 10.2 Å². The Labute approximate surface area is 137 Å². The quantitative estimate of drug-likeness (QED) is 0.687. The number of fused-ring (bicyclic) bond motifs is 1. The number of aromatic nitrogens is 4. The molecule has 1 aliphatic rings. The second-order valence-corrected chi connectivity index (χ2v) is 5.45. The first-order chi connectivity index (χ1) is 11.8. The van der Waals surface area contributed by atoms with Gasteiger partial charge in [-0.1, -0.05) is 0 Å². The minimum Gasteiger partial charge on any atom is -0.467 e. The van der Waals surface area contributed by atoms with Gasteiger partial charge in [0.15, 0.2) is 11.3 Å². The van der Waals surface area contributed by atoms with E-state index in [4.69, 9.17) is 19.1 Å². The van der Waals surface area contributed by atoms with Gasteiger partial charge in [0, 0.05) is 6.42 Å². The fourth-order valence-electron chi connectivity index (χ4n) is 2.62. The van der Waals surface area contributed by atoms with Crippen LogP contribution in [-0.2, 0) is 11.3 Å². The van der Waals surface area contributed by atoms with Gasteiger partial charge >= 0.3 is 0 Å². The number of aliphatic hydroxyl groups excluding tert-OH is 1. The monoisotopic (exact) mass is 331 g/mol. The Morgan fingerprint density at radius 1 is 1.33 bits per heavy atom. The summed E-state index contributed by atoms with van der Waals surface area (Å²) < 4.78 is 12.3. The standard InChI is InChI=1S/C15H17N5O4/c21-7-11-3-4-12(23-11)24-20-9-19-13-14(17-8-18-15(13)20)16-6-10-2-1-5-22-10/h1-2,5,8-9,11-12,21H,3-4,6-7H2,(H,16,17,18)/t11-,12+/m0/s1. The second kappa shape index (κ2) is 6.46. The number of nitrogens with zero attached hydrogens (tertiary/aromatic N) is 4. The Bertz CT molecular complexity index is 803. The zero-order chi connectivity index (χ0) is 16.4. The molecular weight excluding hydrogens is 314 g/mol. The van der Waals surface area contributed by atoms with Crippen LogP contribution in [0.1, 0.15) is 18.6 Å². The molecule has 0 amide bonds. The Morgan fingerprint density at radius 2 is 2.29 bits per heavy atom. The van der Waals surface area contributed by atoms with Crippen LogP contribution in [0.5, 0.6) is 0 Å². The molecule has 1 aliphatic heterocycles. The van der Waals surface area contributed by atoms with E-state index in [1.807, 2.05) is 12.1 Å². The molecule has 2 N–H and O–H groups in total. The highest BCUT2D eigenvalue weighted by Crippen LogP contribution is 2.21. The number of rotatable bonds is 6. The zero-order valence-electron chi connectivity index (χ0n) is 12.8. The normalized spacial score (nSPS) is 20.5. The van der Waals surface area contributed by atoms with Gasteiger partial charge in [-0.25, -0.2) is 15.0 Å². The third kappa shape index (κ3) is 2.91. The number of aliphatic hydroxyl groups is 1. The van der Waals surface area contributed by atoms with Crippen molar-refractivity contribution in [2.75, 3.05) is 11.9 Å². The van der Waals surface area contributed by atoms with Crippen LogP contribution in [0.25, 0.3) is 11.2 Å². The molecule has 126 valence electrons. The van der Waals surface area contributed by atoms with Gasteiger partial charge in [-0.15, -0.1) is 4.73 Å². The maximum absolute atomic E-state index is 9.12. The molecule has 3 aromatic rings. The largest absolute Gasteiger partial charge is 0.467 e. The zero-order valence-corrected chi connectivity index (χ0v) is 12.8. The van der Waals surface area contributed by atoms with Crippen LogP contribution in [0, 0.1) is 0 Å². The Hall–Kier alpha value is -2.65. The summed E-state index contributed by atoms with van der Waals surface area (Å²) in [5.74, 6) is 1.39. The number of furan rings is 1. The Balaban J connectivity index is 1.50. The van der Waals surface area contributed by atoms with Gasteiger partial charge in [0.1, 0.15) is 18.4 Å². The van der Waals surface area contributed by atoms with Crippen molar-refractivity contribution < 1.29 is 19.1 Å². The fraction of sp³-hybridized carbons (Fsp3) is 0.400. The van der Waals surface area contributed by atoms with Gasteiger partial charge in [0.25, 0.3) is 0 Å². The molecule has 0 spiro atoms. The van der Waals surface area contributed by atoms with Crippen LogP contribution in [0.15, 0.2) is 35.5 Å². The Kier molecular flexibility index (Phi) is 4.01. The highest BCUT2D eigenvalue weighted by atomic mass is 16.8. The van der Waals surface area contributed by atoms with Gasteiger partial charge in [-0.3, -0.25) is 0 Å². The molecule has 1 fully saturated rings. The van der Waals surface area contributed by atoms with Crippen LogP contribution in [0.4, 0.5) is 5.82 Å². The van der Waals surface area contributed by atoms with E-state index in [9.17, 15) is 0 Å². The molecule has 3 aromatic heterocycles. The maximum Gasteiger partial charge on any atom is 0.225 e. The van der Waals surface area contributed by atoms with E-state index in [1.54, 1.807) is 6.26 Å². The van der Waals surface area contributed by atoms with E-state index in [2.05, 4.69) is 20.3 Å². The van der Waals surface area contributed by atoms with Crippen LogP contribution >= 0.6 is 0 Å². The molecule has 0 radical (unpaired) electrons. The SMILES string of the molecule is OC[C@@H]1CC[C@@H](On2cnc3c(NCc4ccco4)ncnc32)O1. The molecule has 24 heavy (non-hydrogen) atoms. The number of hydrogen-bond donors (Lipinski definition) is 2. The van der Waals surface area contributed by atoms with Gasteiger partial charge in [0.2, 0.25) is 11.9 Å². The lowest BCUT2D eigenvalue weighted by Gasteiger charge is -2.14. The molecule has 4 heterocycles. The highest BCUT2D eigenvalue weighted by Gasteiger charge is 2.27. The molecule has 4 rings (SSSR count). The molecule has 1 saturated heterocycles. The predicted octanol–water partition coefficient (Wildman–Crippen LogP) is 0.957. The minimum absolute atomic E-state index is 0.00640. The van der Waals surface area contributed by atoms with E-state index >= 15 is 0 Å². The first-order valence-electron chi connectivity index (χ1n) is 7.71. The van der Waals surface area contributed by atoms with Crippen molar-refractivity contribution in [3.05, 3.63) is 36.8 Å². The summed E-state index contributed by atoms with van der Waals surface area (Å²) in [6.07, 6.45) is 5.47. The predicted molar refractivity (Wildman–Crippen MR) is 82.9 cm³/mol. The van der Waals surface area contributed by atoms with Crippen molar-refractivity contribution in [2.24, 2.45) is 0 Å². The third-order valence-corrected chi connectivity index (χ3v) is 3.82. The summed E-state index contributed by atoms with van der Waals surface area (Å²) in [4.78, 5) is 18.5. The first kappa shape index (κ1) is 14.9. The molecule has 0 saturated carbocycles. The average Bonchev–Trinajstić information content (AvgIpc) is 3.35. The molecule has 0 aliphatic carbocycles. The molecule has 0 aromatic carbocycles. The van der Waals surface area contributed by atoms with E-state index in [0.29, 0.717) is 29.9 Å². The van der Waals surface area contributed by atoms with Crippen molar-refractivity contribution in [2.45, 2.75) is 31.8 Å². The van der Waals surface area contributed by atoms with E-state index in [-0.39, 0.29) is 12.7 Å². The second-order valence-electron chi connectivity index (χ2n) is 5.45. The summed E-state index contributed by atoms with van der Waals surface area (Å²) in [5, 5.41) is 12.3. The summed E-state index contributed by atoms with van der Waals surface area (Å²) in [6.45, 7) is 0.490. The smallest absolute Gasteiger partial charge is 0.225 e. The maximum atomic E-state index is 9.12. The summed E-state index contributed by atoms with van der Waals surface area (Å²) in [7, 11) is 0. The number of anilines is 1. The molecule has 0 bridgehead atoms. The topological polar surface area (TPSA) is 107 Å². The fourth-order valence-corrected chi connectivity index (χ4v) is 2.62. The molecule has 2 atom stereocenters. The van der Waals surface area contributed by atoms with Gasteiger partial charge in [-0.05, 0) is 18.6 Å². The lowest BCUT2D eigenvalue weighted by Crippen LogP contribution is -2.26. The number of ether oxygens (including phenoxy) is 1. The molecule has 9 nitrogen and oxygen atoms in total. The number of hydrogen-bond acceptors (Lipinski definition) is 8. The van der Waals surface area contributed by atoms with Crippen LogP contribution in [-0.4, -0.2) is 43.8 Å². The van der Waals surface area contributed by atoms with Crippen molar-refractivity contribution in [1.82, 2.24) is 19.7 Å².